The van der Waals surface area contributed by atoms with E-state index in [4.69, 9.17) is 4.74 Å². The summed E-state index contributed by atoms with van der Waals surface area (Å²) in [4.78, 5) is 5.22. The Kier molecular flexibility index (Phi) is 4.62. The molecule has 1 saturated carbocycles. The molecular weight excluding hydrogens is 200 g/mol. The van der Waals surface area contributed by atoms with E-state index in [0.29, 0.717) is 0 Å². The van der Waals surface area contributed by atoms with Gasteiger partial charge in [0.1, 0.15) is 0 Å². The van der Waals surface area contributed by atoms with Crippen molar-refractivity contribution in [3.8, 4) is 0 Å². The molecule has 2 rings (SSSR count). The van der Waals surface area contributed by atoms with Crippen molar-refractivity contribution < 1.29 is 4.74 Å². The molecule has 0 aromatic heterocycles. The molecule has 1 heterocycles. The molecule has 0 atom stereocenters. The summed E-state index contributed by atoms with van der Waals surface area (Å²) in [6, 6.07) is 1.63. The van der Waals surface area contributed by atoms with E-state index in [2.05, 4.69) is 23.6 Å². The van der Waals surface area contributed by atoms with E-state index in [1.54, 1.807) is 0 Å². The van der Waals surface area contributed by atoms with Crippen LogP contribution in [0.5, 0.6) is 0 Å². The second-order valence-electron chi connectivity index (χ2n) is 5.37. The predicted octanol–water partition coefficient (Wildman–Crippen LogP) is 1.58. The highest BCUT2D eigenvalue weighted by atomic mass is 16.5. The lowest BCUT2D eigenvalue weighted by Crippen LogP contribution is -2.39. The van der Waals surface area contributed by atoms with Crippen molar-refractivity contribution in [3.05, 3.63) is 0 Å². The molecule has 1 aliphatic heterocycles. The van der Waals surface area contributed by atoms with E-state index in [-0.39, 0.29) is 0 Å². The molecule has 0 unspecified atom stereocenters. The van der Waals surface area contributed by atoms with Crippen LogP contribution in [0.2, 0.25) is 0 Å². The van der Waals surface area contributed by atoms with Gasteiger partial charge in [-0.15, -0.1) is 0 Å². The Morgan fingerprint density at radius 3 is 2.50 bits per heavy atom. The van der Waals surface area contributed by atoms with E-state index in [1.165, 1.54) is 32.4 Å². The van der Waals surface area contributed by atoms with Gasteiger partial charge in [0, 0.05) is 25.2 Å². The van der Waals surface area contributed by atoms with E-state index < -0.39 is 0 Å². The molecular formula is C13H26N2O. The monoisotopic (exact) mass is 226 g/mol. The van der Waals surface area contributed by atoms with Gasteiger partial charge in [-0.1, -0.05) is 0 Å². The highest BCUT2D eigenvalue weighted by Gasteiger charge is 2.30. The van der Waals surface area contributed by atoms with Crippen molar-refractivity contribution in [1.29, 1.82) is 0 Å². The normalized spacial score (nSPS) is 23.2. The summed E-state index contributed by atoms with van der Waals surface area (Å²) in [5.41, 5.74) is 0. The van der Waals surface area contributed by atoms with Crippen molar-refractivity contribution in [2.75, 3.05) is 39.4 Å². The first kappa shape index (κ1) is 12.3. The second kappa shape index (κ2) is 5.99. The number of hydrogen-bond donors (Lipinski definition) is 0. The van der Waals surface area contributed by atoms with E-state index in [0.717, 1.165) is 38.4 Å². The van der Waals surface area contributed by atoms with Crippen LogP contribution in [-0.4, -0.2) is 61.3 Å². The zero-order valence-corrected chi connectivity index (χ0v) is 10.8. The van der Waals surface area contributed by atoms with Gasteiger partial charge in [-0.25, -0.2) is 0 Å². The van der Waals surface area contributed by atoms with Crippen molar-refractivity contribution in [1.82, 2.24) is 9.80 Å². The van der Waals surface area contributed by atoms with E-state index in [9.17, 15) is 0 Å². The maximum absolute atomic E-state index is 5.36. The van der Waals surface area contributed by atoms with Crippen LogP contribution in [0, 0.1) is 0 Å². The van der Waals surface area contributed by atoms with Gasteiger partial charge < -0.3 is 4.74 Å². The molecule has 0 radical (unpaired) electrons. The van der Waals surface area contributed by atoms with Gasteiger partial charge in [0.25, 0.3) is 0 Å². The first-order chi connectivity index (χ1) is 7.77. The predicted molar refractivity (Wildman–Crippen MR) is 66.7 cm³/mol. The third-order valence-corrected chi connectivity index (χ3v) is 3.67. The molecule has 0 aromatic carbocycles. The average molecular weight is 226 g/mol. The fourth-order valence-electron chi connectivity index (χ4n) is 2.57. The molecule has 0 bridgehead atoms. The summed E-state index contributed by atoms with van der Waals surface area (Å²) in [5.74, 6) is 0. The highest BCUT2D eigenvalue weighted by Crippen LogP contribution is 2.28. The van der Waals surface area contributed by atoms with Crippen LogP contribution >= 0.6 is 0 Å². The lowest BCUT2D eigenvalue weighted by Gasteiger charge is -2.30. The van der Waals surface area contributed by atoms with E-state index in [1.807, 2.05) is 0 Å². The number of rotatable bonds is 6. The Labute approximate surface area is 99.7 Å². The number of nitrogens with zero attached hydrogens (tertiary/aromatic N) is 2. The molecule has 3 heteroatoms. The summed E-state index contributed by atoms with van der Waals surface area (Å²) in [6.07, 6.45) is 4.17. The Bertz CT molecular complexity index is 196. The molecule has 0 spiro atoms. The zero-order chi connectivity index (χ0) is 11.4. The first-order valence-electron chi connectivity index (χ1n) is 6.83. The minimum atomic E-state index is 0.720. The first-order valence-corrected chi connectivity index (χ1v) is 6.83. The van der Waals surface area contributed by atoms with E-state index >= 15 is 0 Å². The molecule has 0 aromatic rings. The second-order valence-corrected chi connectivity index (χ2v) is 5.37. The summed E-state index contributed by atoms with van der Waals surface area (Å²) >= 11 is 0. The van der Waals surface area contributed by atoms with Crippen LogP contribution in [0.3, 0.4) is 0 Å². The van der Waals surface area contributed by atoms with Crippen LogP contribution in [0.1, 0.15) is 33.1 Å². The van der Waals surface area contributed by atoms with Crippen LogP contribution < -0.4 is 0 Å². The third kappa shape index (κ3) is 3.72. The SMILES string of the molecule is CC(C)N(CCCN1CCOCC1)C1CC1. The maximum Gasteiger partial charge on any atom is 0.0594 e. The zero-order valence-electron chi connectivity index (χ0n) is 10.8. The van der Waals surface area contributed by atoms with Crippen molar-refractivity contribution >= 4 is 0 Å². The number of hydrogen-bond acceptors (Lipinski definition) is 3. The van der Waals surface area contributed by atoms with Gasteiger partial charge >= 0.3 is 0 Å². The number of ether oxygens (including phenoxy) is 1. The third-order valence-electron chi connectivity index (χ3n) is 3.67. The molecule has 1 saturated heterocycles. The van der Waals surface area contributed by atoms with Gasteiger partial charge in [0.15, 0.2) is 0 Å². The van der Waals surface area contributed by atoms with Crippen LogP contribution in [0.15, 0.2) is 0 Å². The minimum Gasteiger partial charge on any atom is -0.379 e. The Morgan fingerprint density at radius 1 is 1.25 bits per heavy atom. The standard InChI is InChI=1S/C13H26N2O/c1-12(2)15(13-4-5-13)7-3-6-14-8-10-16-11-9-14/h12-13H,3-11H2,1-2H3. The van der Waals surface area contributed by atoms with Gasteiger partial charge in [-0.05, 0) is 46.2 Å². The molecule has 94 valence electrons. The summed E-state index contributed by atoms with van der Waals surface area (Å²) in [7, 11) is 0. The topological polar surface area (TPSA) is 15.7 Å². The summed E-state index contributed by atoms with van der Waals surface area (Å²) < 4.78 is 5.36. The smallest absolute Gasteiger partial charge is 0.0594 e. The van der Waals surface area contributed by atoms with Crippen molar-refractivity contribution in [3.63, 3.8) is 0 Å². The van der Waals surface area contributed by atoms with Gasteiger partial charge in [0.05, 0.1) is 13.2 Å². The molecule has 2 aliphatic rings. The van der Waals surface area contributed by atoms with Crippen LogP contribution in [-0.2, 0) is 4.74 Å². The summed E-state index contributed by atoms with van der Waals surface area (Å²) in [6.45, 7) is 11.3. The largest absolute Gasteiger partial charge is 0.379 e. The lowest BCUT2D eigenvalue weighted by molar-refractivity contribution is 0.0354. The molecule has 1 aliphatic carbocycles. The van der Waals surface area contributed by atoms with Crippen molar-refractivity contribution in [2.45, 2.75) is 45.2 Å². The van der Waals surface area contributed by atoms with Crippen molar-refractivity contribution in [2.24, 2.45) is 0 Å². The molecule has 2 fully saturated rings. The van der Waals surface area contributed by atoms with Crippen LogP contribution in [0.25, 0.3) is 0 Å². The van der Waals surface area contributed by atoms with Gasteiger partial charge in [-0.3, -0.25) is 9.80 Å². The summed E-state index contributed by atoms with van der Waals surface area (Å²) in [5, 5.41) is 0. The fourth-order valence-corrected chi connectivity index (χ4v) is 2.57. The molecule has 16 heavy (non-hydrogen) atoms. The molecule has 3 nitrogen and oxygen atoms in total. The van der Waals surface area contributed by atoms with Crippen LogP contribution in [0.4, 0.5) is 0 Å². The Morgan fingerprint density at radius 2 is 1.94 bits per heavy atom. The lowest BCUT2D eigenvalue weighted by atomic mass is 10.2. The average Bonchev–Trinajstić information content (AvgIpc) is 3.09. The fraction of sp³-hybridized carbons (Fsp3) is 1.00. The maximum atomic E-state index is 5.36. The van der Waals surface area contributed by atoms with Gasteiger partial charge in [0.2, 0.25) is 0 Å². The number of morpholine rings is 1. The van der Waals surface area contributed by atoms with Gasteiger partial charge in [-0.2, -0.15) is 0 Å². The quantitative estimate of drug-likeness (QED) is 0.684. The Hall–Kier alpha value is -0.120. The molecule has 0 N–H and O–H groups in total. The highest BCUT2D eigenvalue weighted by molar-refractivity contribution is 4.86. The molecule has 0 amide bonds. The Balaban J connectivity index is 1.61. The minimum absolute atomic E-state index is 0.720.